The number of aryl methyl sites for hydroxylation is 2. The highest BCUT2D eigenvalue weighted by Crippen LogP contribution is 2.13. The molecule has 2 rings (SSSR count). The molecule has 0 unspecified atom stereocenters. The minimum atomic E-state index is -3.62. The van der Waals surface area contributed by atoms with Gasteiger partial charge in [0.05, 0.1) is 10.6 Å². The van der Waals surface area contributed by atoms with Crippen LogP contribution in [0.2, 0.25) is 0 Å². The Labute approximate surface area is 117 Å². The fourth-order valence-electron chi connectivity index (χ4n) is 1.74. The molecule has 0 spiro atoms. The quantitative estimate of drug-likeness (QED) is 0.524. The van der Waals surface area contributed by atoms with Crippen molar-refractivity contribution in [2.24, 2.45) is 12.9 Å². The van der Waals surface area contributed by atoms with Crippen LogP contribution in [0.4, 0.5) is 5.82 Å². The number of sulfonamides is 1. The molecule has 0 bridgehead atoms. The Balaban J connectivity index is 2.17. The molecule has 2 aromatic rings. The maximum atomic E-state index is 12.2. The summed E-state index contributed by atoms with van der Waals surface area (Å²) in [5, 5.41) is 4.16. The Kier molecular flexibility index (Phi) is 4.02. The Morgan fingerprint density at radius 2 is 2.20 bits per heavy atom. The van der Waals surface area contributed by atoms with Crippen LogP contribution in [0.3, 0.4) is 0 Å². The lowest BCUT2D eigenvalue weighted by Crippen LogP contribution is -2.23. The molecule has 0 fully saturated rings. The van der Waals surface area contributed by atoms with E-state index in [0.717, 1.165) is 11.3 Å². The van der Waals surface area contributed by atoms with Crippen LogP contribution in [-0.4, -0.2) is 23.2 Å². The van der Waals surface area contributed by atoms with Crippen LogP contribution in [0.1, 0.15) is 11.3 Å². The lowest BCUT2D eigenvalue weighted by atomic mass is 10.3. The molecule has 0 aliphatic heterocycles. The number of hydrazine groups is 1. The Bertz CT molecular complexity index is 709. The molecule has 108 valence electrons. The van der Waals surface area contributed by atoms with Gasteiger partial charge in [-0.05, 0) is 13.0 Å². The first kappa shape index (κ1) is 14.4. The van der Waals surface area contributed by atoms with Gasteiger partial charge in [0, 0.05) is 37.6 Å². The van der Waals surface area contributed by atoms with Crippen LogP contribution in [0.25, 0.3) is 0 Å². The highest BCUT2D eigenvalue weighted by atomic mass is 32.2. The van der Waals surface area contributed by atoms with Crippen molar-refractivity contribution in [2.45, 2.75) is 18.4 Å². The second-order valence-corrected chi connectivity index (χ2v) is 6.03. The molecule has 0 aliphatic carbocycles. The first-order valence-corrected chi connectivity index (χ1v) is 7.32. The van der Waals surface area contributed by atoms with Crippen molar-refractivity contribution in [1.82, 2.24) is 19.5 Å². The molecule has 9 heteroatoms. The summed E-state index contributed by atoms with van der Waals surface area (Å²) < 4.78 is 28.5. The van der Waals surface area contributed by atoms with Crippen molar-refractivity contribution in [2.75, 3.05) is 5.43 Å². The lowest BCUT2D eigenvalue weighted by molar-refractivity contribution is 0.581. The molecular formula is C11H16N6O2S. The molecule has 0 amide bonds. The van der Waals surface area contributed by atoms with Crippen LogP contribution >= 0.6 is 0 Å². The van der Waals surface area contributed by atoms with Crippen LogP contribution in [0, 0.1) is 6.92 Å². The van der Waals surface area contributed by atoms with Gasteiger partial charge in [-0.3, -0.25) is 4.68 Å². The summed E-state index contributed by atoms with van der Waals surface area (Å²) in [5.74, 6) is 5.49. The number of aromatic nitrogens is 3. The fourth-order valence-corrected chi connectivity index (χ4v) is 2.75. The molecule has 0 saturated heterocycles. The number of nitrogens with zero attached hydrogens (tertiary/aromatic N) is 3. The molecule has 0 aromatic carbocycles. The molecule has 8 nitrogen and oxygen atoms in total. The van der Waals surface area contributed by atoms with E-state index < -0.39 is 10.0 Å². The average molecular weight is 296 g/mol. The zero-order valence-electron chi connectivity index (χ0n) is 11.2. The van der Waals surface area contributed by atoms with E-state index in [9.17, 15) is 8.42 Å². The predicted molar refractivity (Wildman–Crippen MR) is 74.0 cm³/mol. The highest BCUT2D eigenvalue weighted by Gasteiger charge is 2.15. The topological polar surface area (TPSA) is 115 Å². The van der Waals surface area contributed by atoms with Crippen LogP contribution < -0.4 is 16.0 Å². The summed E-state index contributed by atoms with van der Waals surface area (Å²) in [6, 6.07) is 2.76. The second-order valence-electron chi connectivity index (χ2n) is 4.26. The standard InChI is InChI=1S/C11H16N6O2S/c1-8-9(7-17(2)16-8)6-14-20(18,19)10-3-4-13-11(5-10)15-12/h3-5,7,14H,6,12H2,1-2H3,(H,13,15). The van der Waals surface area contributed by atoms with Gasteiger partial charge >= 0.3 is 0 Å². The van der Waals surface area contributed by atoms with E-state index >= 15 is 0 Å². The Hall–Kier alpha value is -1.97. The number of hydrogen-bond donors (Lipinski definition) is 3. The van der Waals surface area contributed by atoms with E-state index in [1.807, 2.05) is 6.92 Å². The van der Waals surface area contributed by atoms with E-state index in [1.54, 1.807) is 17.9 Å². The van der Waals surface area contributed by atoms with Crippen molar-refractivity contribution in [3.63, 3.8) is 0 Å². The number of pyridine rings is 1. The fraction of sp³-hybridized carbons (Fsp3) is 0.273. The molecule has 20 heavy (non-hydrogen) atoms. The number of rotatable bonds is 5. The molecule has 2 heterocycles. The van der Waals surface area contributed by atoms with Gasteiger partial charge in [0.15, 0.2) is 0 Å². The number of anilines is 1. The van der Waals surface area contributed by atoms with Gasteiger partial charge in [0.2, 0.25) is 10.0 Å². The van der Waals surface area contributed by atoms with E-state index in [0.29, 0.717) is 0 Å². The number of nitrogens with two attached hydrogens (primary N) is 1. The van der Waals surface area contributed by atoms with Crippen molar-refractivity contribution >= 4 is 15.8 Å². The molecule has 2 aromatic heterocycles. The maximum Gasteiger partial charge on any atom is 0.241 e. The first-order valence-electron chi connectivity index (χ1n) is 5.84. The SMILES string of the molecule is Cc1nn(C)cc1CNS(=O)(=O)c1ccnc(NN)c1. The Morgan fingerprint density at radius 3 is 2.80 bits per heavy atom. The minimum Gasteiger partial charge on any atom is -0.308 e. The third-order valence-electron chi connectivity index (χ3n) is 2.76. The molecule has 0 saturated carbocycles. The van der Waals surface area contributed by atoms with Gasteiger partial charge in [0.1, 0.15) is 5.82 Å². The summed E-state index contributed by atoms with van der Waals surface area (Å²) in [7, 11) is -1.84. The van der Waals surface area contributed by atoms with Gasteiger partial charge in [0.25, 0.3) is 0 Å². The zero-order valence-corrected chi connectivity index (χ0v) is 12.0. The summed E-state index contributed by atoms with van der Waals surface area (Å²) in [4.78, 5) is 3.96. The van der Waals surface area contributed by atoms with Gasteiger partial charge in [-0.25, -0.2) is 24.0 Å². The van der Waals surface area contributed by atoms with E-state index in [2.05, 4.69) is 20.2 Å². The third-order valence-corrected chi connectivity index (χ3v) is 4.16. The average Bonchev–Trinajstić information content (AvgIpc) is 2.75. The summed E-state index contributed by atoms with van der Waals surface area (Å²) in [5.41, 5.74) is 3.92. The maximum absolute atomic E-state index is 12.2. The van der Waals surface area contributed by atoms with Crippen molar-refractivity contribution < 1.29 is 8.42 Å². The van der Waals surface area contributed by atoms with Gasteiger partial charge in [-0.1, -0.05) is 0 Å². The summed E-state index contributed by atoms with van der Waals surface area (Å²) in [6.45, 7) is 2.00. The van der Waals surface area contributed by atoms with Crippen LogP contribution in [0.15, 0.2) is 29.4 Å². The molecular weight excluding hydrogens is 280 g/mol. The van der Waals surface area contributed by atoms with Gasteiger partial charge in [-0.2, -0.15) is 5.10 Å². The third kappa shape index (κ3) is 3.13. The number of hydrogen-bond acceptors (Lipinski definition) is 6. The first-order chi connectivity index (χ1) is 9.42. The van der Waals surface area contributed by atoms with Gasteiger partial charge in [-0.15, -0.1) is 0 Å². The monoisotopic (exact) mass is 296 g/mol. The van der Waals surface area contributed by atoms with E-state index in [4.69, 9.17) is 5.84 Å². The molecule has 0 atom stereocenters. The normalized spacial score (nSPS) is 11.6. The van der Waals surface area contributed by atoms with Crippen molar-refractivity contribution in [3.05, 3.63) is 35.8 Å². The molecule has 0 radical (unpaired) electrons. The van der Waals surface area contributed by atoms with Crippen molar-refractivity contribution in [3.8, 4) is 0 Å². The Morgan fingerprint density at radius 1 is 1.45 bits per heavy atom. The highest BCUT2D eigenvalue weighted by molar-refractivity contribution is 7.89. The summed E-state index contributed by atoms with van der Waals surface area (Å²) >= 11 is 0. The number of nitrogens with one attached hydrogen (secondary N) is 2. The molecule has 0 aliphatic rings. The van der Waals surface area contributed by atoms with E-state index in [1.165, 1.54) is 18.3 Å². The van der Waals surface area contributed by atoms with E-state index in [-0.39, 0.29) is 17.3 Å². The smallest absolute Gasteiger partial charge is 0.241 e. The number of nitrogen functional groups attached to an aromatic ring is 1. The predicted octanol–water partition coefficient (Wildman–Crippen LogP) is -0.112. The van der Waals surface area contributed by atoms with Crippen LogP contribution in [-0.2, 0) is 23.6 Å². The zero-order chi connectivity index (χ0) is 14.8. The van der Waals surface area contributed by atoms with Crippen LogP contribution in [0.5, 0.6) is 0 Å². The second kappa shape index (κ2) is 5.57. The molecule has 4 N–H and O–H groups in total. The van der Waals surface area contributed by atoms with Crippen molar-refractivity contribution in [1.29, 1.82) is 0 Å². The lowest BCUT2D eigenvalue weighted by Gasteiger charge is -2.07. The largest absolute Gasteiger partial charge is 0.308 e. The van der Waals surface area contributed by atoms with Gasteiger partial charge < -0.3 is 5.43 Å². The summed E-state index contributed by atoms with van der Waals surface area (Å²) in [6.07, 6.45) is 3.15. The minimum absolute atomic E-state index is 0.0991.